The fourth-order valence-corrected chi connectivity index (χ4v) is 7.11. The number of hydrogen-bond acceptors (Lipinski definition) is 15. The summed E-state index contributed by atoms with van der Waals surface area (Å²) >= 11 is 0. The van der Waals surface area contributed by atoms with Gasteiger partial charge in [0.1, 0.15) is 18.1 Å². The molecule has 2 fully saturated rings. The molecule has 314 valence electrons. The number of rotatable bonds is 6. The van der Waals surface area contributed by atoms with Crippen LogP contribution >= 0.6 is 0 Å². The fourth-order valence-electron chi connectivity index (χ4n) is 7.11. The number of aliphatic hydroxyl groups is 8. The summed E-state index contributed by atoms with van der Waals surface area (Å²) < 4.78 is 23.4. The number of carboxylic acids is 1. The molecule has 0 amide bonds. The average molecular weight is 786 g/mol. The standard InChI is InChI=1S/C39H63NO15/c1-4-5-13-27-14-11-9-7-6-8-10-12-15-28(54-38-35(47)33(40)34(46)23(3)52-38)19-31-32(36(48)49)30(45)21-39(51,55-31)20-26(43)17-24(41)16-25(42)18-29(44)22(2)37(50)53-27/h6-12,15,22-35,38,41-47,51H,4-5,13-14,16-21,40H2,1-3H3,(H,48,49)/b7-6+,10-8+,11-9+,15-12+/t22?,23-,24?,25?,26?,27?,28?,29?,30?,31?,32?,33+,34-,35-,38+,39?/m1/s1. The number of allylic oxidation sites excluding steroid dienone is 6. The summed E-state index contributed by atoms with van der Waals surface area (Å²) in [6.07, 6.45) is -0.632. The van der Waals surface area contributed by atoms with Crippen LogP contribution in [-0.2, 0) is 28.5 Å². The van der Waals surface area contributed by atoms with E-state index in [1.54, 1.807) is 43.4 Å². The predicted octanol–water partition coefficient (Wildman–Crippen LogP) is 0.465. The number of unbranched alkanes of at least 4 members (excludes halogenated alkanes) is 1. The zero-order chi connectivity index (χ0) is 40.9. The number of carbonyl (C=O) groups is 2. The summed E-state index contributed by atoms with van der Waals surface area (Å²) in [5.41, 5.74) is 6.00. The van der Waals surface area contributed by atoms with Crippen molar-refractivity contribution in [2.45, 2.75) is 170 Å². The molecule has 11 unspecified atom stereocenters. The van der Waals surface area contributed by atoms with Gasteiger partial charge in [0, 0.05) is 32.1 Å². The summed E-state index contributed by atoms with van der Waals surface area (Å²) in [5.74, 6) is -6.80. The van der Waals surface area contributed by atoms with Gasteiger partial charge in [0.2, 0.25) is 0 Å². The van der Waals surface area contributed by atoms with Crippen molar-refractivity contribution in [2.75, 3.05) is 0 Å². The molecule has 2 bridgehead atoms. The number of nitrogens with two attached hydrogens (primary N) is 1. The second-order valence-electron chi connectivity index (χ2n) is 15.2. The predicted molar refractivity (Wildman–Crippen MR) is 198 cm³/mol. The van der Waals surface area contributed by atoms with Gasteiger partial charge in [0.15, 0.2) is 12.1 Å². The van der Waals surface area contributed by atoms with Crippen molar-refractivity contribution in [3.63, 3.8) is 0 Å². The lowest BCUT2D eigenvalue weighted by atomic mass is 9.82. The van der Waals surface area contributed by atoms with Gasteiger partial charge < -0.3 is 70.6 Å². The Kier molecular flexibility index (Phi) is 19.0. The van der Waals surface area contributed by atoms with E-state index >= 15 is 0 Å². The van der Waals surface area contributed by atoms with Crippen LogP contribution in [0.5, 0.6) is 0 Å². The first-order valence-corrected chi connectivity index (χ1v) is 19.3. The third-order valence-electron chi connectivity index (χ3n) is 10.4. The highest BCUT2D eigenvalue weighted by Gasteiger charge is 2.51. The molecule has 0 aromatic carbocycles. The van der Waals surface area contributed by atoms with Crippen molar-refractivity contribution in [3.8, 4) is 0 Å². The zero-order valence-electron chi connectivity index (χ0n) is 31.9. The van der Waals surface area contributed by atoms with Gasteiger partial charge in [-0.1, -0.05) is 68.4 Å². The number of aliphatic hydroxyl groups excluding tert-OH is 7. The van der Waals surface area contributed by atoms with Gasteiger partial charge in [-0.3, -0.25) is 9.59 Å². The summed E-state index contributed by atoms with van der Waals surface area (Å²) in [6.45, 7) is 5.06. The van der Waals surface area contributed by atoms with Gasteiger partial charge in [-0.2, -0.15) is 0 Å². The Hall–Kier alpha value is -2.58. The van der Waals surface area contributed by atoms with Crippen LogP contribution in [0, 0.1) is 11.8 Å². The molecule has 55 heavy (non-hydrogen) atoms. The van der Waals surface area contributed by atoms with Gasteiger partial charge in [-0.15, -0.1) is 0 Å². The van der Waals surface area contributed by atoms with E-state index in [1.807, 2.05) is 13.0 Å². The Balaban J connectivity index is 1.92. The van der Waals surface area contributed by atoms with Gasteiger partial charge in [0.25, 0.3) is 0 Å². The van der Waals surface area contributed by atoms with Gasteiger partial charge >= 0.3 is 11.9 Å². The maximum Gasteiger partial charge on any atom is 0.311 e. The van der Waals surface area contributed by atoms with Crippen LogP contribution in [0.1, 0.15) is 85.0 Å². The number of ether oxygens (including phenoxy) is 4. The number of aliphatic carboxylic acids is 1. The van der Waals surface area contributed by atoms with E-state index in [1.165, 1.54) is 13.0 Å². The van der Waals surface area contributed by atoms with Crippen molar-refractivity contribution in [2.24, 2.45) is 17.6 Å². The summed E-state index contributed by atoms with van der Waals surface area (Å²) in [6, 6.07) is -1.12. The highest BCUT2D eigenvalue weighted by Crippen LogP contribution is 2.38. The normalized spacial score (nSPS) is 44.4. The zero-order valence-corrected chi connectivity index (χ0v) is 31.9. The van der Waals surface area contributed by atoms with E-state index in [0.717, 1.165) is 12.8 Å². The Bertz CT molecular complexity index is 1310. The smallest absolute Gasteiger partial charge is 0.311 e. The molecule has 0 saturated carbocycles. The van der Waals surface area contributed by atoms with Crippen LogP contribution in [0.25, 0.3) is 0 Å². The third kappa shape index (κ3) is 14.7. The van der Waals surface area contributed by atoms with Crippen molar-refractivity contribution in [1.82, 2.24) is 0 Å². The lowest BCUT2D eigenvalue weighted by molar-refractivity contribution is -0.308. The Morgan fingerprint density at radius 2 is 1.51 bits per heavy atom. The van der Waals surface area contributed by atoms with E-state index in [-0.39, 0.29) is 25.7 Å². The van der Waals surface area contributed by atoms with Crippen molar-refractivity contribution < 1.29 is 74.5 Å². The number of carboxylic acid groups (broad SMARTS) is 1. The molecule has 16 nitrogen and oxygen atoms in total. The Morgan fingerprint density at radius 3 is 2.18 bits per heavy atom. The first-order valence-electron chi connectivity index (χ1n) is 19.3. The first-order chi connectivity index (χ1) is 25.9. The molecule has 0 radical (unpaired) electrons. The molecule has 2 saturated heterocycles. The lowest BCUT2D eigenvalue weighted by Gasteiger charge is -2.45. The van der Waals surface area contributed by atoms with E-state index in [9.17, 15) is 55.5 Å². The van der Waals surface area contributed by atoms with Crippen molar-refractivity contribution >= 4 is 11.9 Å². The highest BCUT2D eigenvalue weighted by atomic mass is 16.7. The van der Waals surface area contributed by atoms with Crippen LogP contribution in [0.2, 0.25) is 0 Å². The van der Waals surface area contributed by atoms with E-state index in [0.29, 0.717) is 12.8 Å². The fraction of sp³-hybridized carbons (Fsp3) is 0.744. The largest absolute Gasteiger partial charge is 0.481 e. The van der Waals surface area contributed by atoms with E-state index in [4.69, 9.17) is 24.7 Å². The van der Waals surface area contributed by atoms with Crippen LogP contribution in [0.3, 0.4) is 0 Å². The Labute approximate surface area is 322 Å². The number of cyclic esters (lactones) is 1. The first kappa shape index (κ1) is 46.8. The molecule has 0 spiro atoms. The van der Waals surface area contributed by atoms with Crippen LogP contribution in [0.15, 0.2) is 48.6 Å². The number of carbonyl (C=O) groups excluding carboxylic acids is 1. The molecule has 3 aliphatic heterocycles. The Morgan fingerprint density at radius 1 is 0.873 bits per heavy atom. The minimum Gasteiger partial charge on any atom is -0.481 e. The second-order valence-corrected chi connectivity index (χ2v) is 15.2. The van der Waals surface area contributed by atoms with Crippen LogP contribution in [-0.4, -0.2) is 143 Å². The topological polar surface area (TPSA) is 279 Å². The lowest BCUT2D eigenvalue weighted by Crippen LogP contribution is -2.61. The summed E-state index contributed by atoms with van der Waals surface area (Å²) in [7, 11) is 0. The third-order valence-corrected chi connectivity index (χ3v) is 10.4. The number of fused-ring (bicyclic) bond motifs is 2. The summed E-state index contributed by atoms with van der Waals surface area (Å²) in [5, 5.41) is 96.4. The SMILES string of the molecule is CCCCC1C/C=C/C=C/C=C/C=C/C(O[C@@H]2O[C@H](C)[C@@H](O)[C@H](N)[C@H]2O)CC2OC(O)(CC(O)CC(O)CC(O)CC(O)C(C)C(=O)O1)CC(O)C2C(=O)O. The molecular formula is C39H63NO15. The quantitative estimate of drug-likeness (QED) is 0.164. The van der Waals surface area contributed by atoms with Crippen LogP contribution in [0.4, 0.5) is 0 Å². The molecule has 11 N–H and O–H groups in total. The average Bonchev–Trinajstić information content (AvgIpc) is 3.09. The maximum atomic E-state index is 12.9. The molecule has 3 aliphatic rings. The van der Waals surface area contributed by atoms with Crippen molar-refractivity contribution in [3.05, 3.63) is 48.6 Å². The van der Waals surface area contributed by atoms with Gasteiger partial charge in [-0.05, 0) is 33.1 Å². The molecule has 3 rings (SSSR count). The monoisotopic (exact) mass is 785 g/mol. The minimum atomic E-state index is -2.26. The van der Waals surface area contributed by atoms with Crippen LogP contribution < -0.4 is 5.73 Å². The molecule has 0 aromatic heterocycles. The number of hydrogen-bond donors (Lipinski definition) is 10. The molecule has 0 aromatic rings. The summed E-state index contributed by atoms with van der Waals surface area (Å²) in [4.78, 5) is 25.3. The minimum absolute atomic E-state index is 0.259. The molecule has 16 atom stereocenters. The van der Waals surface area contributed by atoms with Gasteiger partial charge in [-0.25, -0.2) is 0 Å². The van der Waals surface area contributed by atoms with Crippen molar-refractivity contribution in [1.29, 1.82) is 0 Å². The molecule has 0 aliphatic carbocycles. The molecule has 16 heteroatoms. The number of esters is 1. The molecule has 3 heterocycles. The molecular weight excluding hydrogens is 722 g/mol. The second kappa shape index (κ2) is 22.4. The van der Waals surface area contributed by atoms with Gasteiger partial charge in [0.05, 0.1) is 66.9 Å². The van der Waals surface area contributed by atoms with E-state index < -0.39 is 122 Å². The highest BCUT2D eigenvalue weighted by molar-refractivity contribution is 5.73. The maximum absolute atomic E-state index is 12.9. The van der Waals surface area contributed by atoms with E-state index in [2.05, 4.69) is 0 Å².